The normalized spacial score (nSPS) is 11.5. The van der Waals surface area contributed by atoms with Crippen LogP contribution < -0.4 is 4.72 Å². The second-order valence-electron chi connectivity index (χ2n) is 5.37. The van der Waals surface area contributed by atoms with Crippen LogP contribution in [0.15, 0.2) is 51.2 Å². The highest BCUT2D eigenvalue weighted by Crippen LogP contribution is 2.31. The summed E-state index contributed by atoms with van der Waals surface area (Å²) in [5.41, 5.74) is 0.644. The molecule has 2 heterocycles. The molecule has 1 aromatic carbocycles. The number of ether oxygens (including phenoxy) is 1. The highest BCUT2D eigenvalue weighted by molar-refractivity contribution is 7.91. The Morgan fingerprint density at radius 1 is 1.26 bits per heavy atom. The first-order valence-corrected chi connectivity index (χ1v) is 10.2. The Labute approximate surface area is 158 Å². The number of rotatable bonds is 7. The SMILES string of the molecule is CCOC(=O)c1cc(-c2ccc(S(=O)(=O)NCc3ccc(F)cc3)s2)on1. The van der Waals surface area contributed by atoms with Gasteiger partial charge < -0.3 is 9.26 Å². The second-order valence-corrected chi connectivity index (χ2v) is 8.44. The molecule has 0 amide bonds. The van der Waals surface area contributed by atoms with E-state index in [1.807, 2.05) is 0 Å². The molecule has 0 aliphatic carbocycles. The van der Waals surface area contributed by atoms with Gasteiger partial charge >= 0.3 is 5.97 Å². The van der Waals surface area contributed by atoms with Crippen molar-refractivity contribution in [1.29, 1.82) is 0 Å². The van der Waals surface area contributed by atoms with Gasteiger partial charge in [0.2, 0.25) is 10.0 Å². The topological polar surface area (TPSA) is 98.5 Å². The quantitative estimate of drug-likeness (QED) is 0.601. The number of hydrogen-bond acceptors (Lipinski definition) is 7. The number of carbonyl (C=O) groups is 1. The van der Waals surface area contributed by atoms with Gasteiger partial charge in [-0.2, -0.15) is 0 Å². The van der Waals surface area contributed by atoms with Crippen molar-refractivity contribution in [3.05, 3.63) is 59.5 Å². The van der Waals surface area contributed by atoms with Crippen LogP contribution in [0.25, 0.3) is 10.6 Å². The van der Waals surface area contributed by atoms with Gasteiger partial charge in [-0.25, -0.2) is 22.3 Å². The van der Waals surface area contributed by atoms with E-state index in [1.165, 1.54) is 36.4 Å². The smallest absolute Gasteiger partial charge is 0.360 e. The summed E-state index contributed by atoms with van der Waals surface area (Å²) in [5.74, 6) is -0.736. The van der Waals surface area contributed by atoms with Crippen LogP contribution in [0.1, 0.15) is 23.0 Å². The third kappa shape index (κ3) is 4.59. The Hall–Kier alpha value is -2.56. The molecule has 0 saturated carbocycles. The summed E-state index contributed by atoms with van der Waals surface area (Å²) in [6.45, 7) is 1.92. The average molecular weight is 410 g/mol. The minimum absolute atomic E-state index is 0.0130. The lowest BCUT2D eigenvalue weighted by molar-refractivity contribution is 0.0514. The lowest BCUT2D eigenvalue weighted by Gasteiger charge is -2.04. The zero-order valence-electron chi connectivity index (χ0n) is 14.1. The number of aromatic nitrogens is 1. The summed E-state index contributed by atoms with van der Waals surface area (Å²) in [6, 6.07) is 9.92. The summed E-state index contributed by atoms with van der Waals surface area (Å²) in [6.07, 6.45) is 0. The summed E-state index contributed by atoms with van der Waals surface area (Å²) >= 11 is 0.973. The molecule has 10 heteroatoms. The number of thiophene rings is 1. The Balaban J connectivity index is 1.72. The number of sulfonamides is 1. The minimum atomic E-state index is -3.75. The van der Waals surface area contributed by atoms with Crippen molar-refractivity contribution in [2.24, 2.45) is 0 Å². The van der Waals surface area contributed by atoms with Crippen LogP contribution in [-0.4, -0.2) is 26.2 Å². The molecule has 0 aliphatic rings. The second kappa shape index (κ2) is 7.99. The van der Waals surface area contributed by atoms with Gasteiger partial charge in [-0.15, -0.1) is 11.3 Å². The van der Waals surface area contributed by atoms with E-state index < -0.39 is 21.8 Å². The van der Waals surface area contributed by atoms with Gasteiger partial charge in [0.25, 0.3) is 0 Å². The molecule has 142 valence electrons. The fraction of sp³-hybridized carbons (Fsp3) is 0.176. The summed E-state index contributed by atoms with van der Waals surface area (Å²) in [7, 11) is -3.75. The van der Waals surface area contributed by atoms with E-state index in [9.17, 15) is 17.6 Å². The number of hydrogen-bond donors (Lipinski definition) is 1. The van der Waals surface area contributed by atoms with Crippen LogP contribution in [-0.2, 0) is 21.3 Å². The maximum atomic E-state index is 12.9. The van der Waals surface area contributed by atoms with E-state index in [0.29, 0.717) is 10.4 Å². The number of halogens is 1. The molecule has 1 N–H and O–H groups in total. The van der Waals surface area contributed by atoms with Gasteiger partial charge in [0.15, 0.2) is 11.5 Å². The Kier molecular flexibility index (Phi) is 5.68. The number of nitrogens with zero attached hydrogens (tertiary/aromatic N) is 1. The van der Waals surface area contributed by atoms with Crippen LogP contribution in [0.4, 0.5) is 4.39 Å². The first-order valence-electron chi connectivity index (χ1n) is 7.87. The third-order valence-corrected chi connectivity index (χ3v) is 6.46. The monoisotopic (exact) mass is 410 g/mol. The standard InChI is InChI=1S/C17H15FN2O5S2/c1-2-24-17(21)13-9-14(25-20-13)15-7-8-16(26-15)27(22,23)19-10-11-3-5-12(18)6-4-11/h3-9,19H,2,10H2,1H3. The van der Waals surface area contributed by atoms with E-state index in [4.69, 9.17) is 9.26 Å². The number of nitrogens with one attached hydrogen (secondary N) is 1. The molecule has 0 fully saturated rings. The summed E-state index contributed by atoms with van der Waals surface area (Å²) < 4.78 is 50.2. The first-order chi connectivity index (χ1) is 12.9. The zero-order chi connectivity index (χ0) is 19.4. The molecule has 0 bridgehead atoms. The number of carbonyl (C=O) groups excluding carboxylic acids is 1. The maximum Gasteiger partial charge on any atom is 0.360 e. The first kappa shape index (κ1) is 19.2. The number of benzene rings is 1. The molecule has 2 aromatic heterocycles. The third-order valence-electron chi connectivity index (χ3n) is 3.46. The van der Waals surface area contributed by atoms with E-state index >= 15 is 0 Å². The van der Waals surface area contributed by atoms with Gasteiger partial charge in [-0.1, -0.05) is 17.3 Å². The van der Waals surface area contributed by atoms with Crippen molar-refractivity contribution in [2.45, 2.75) is 17.7 Å². The van der Waals surface area contributed by atoms with Crippen LogP contribution in [0, 0.1) is 5.82 Å². The predicted octanol–water partition coefficient (Wildman–Crippen LogP) is 3.20. The molecule has 7 nitrogen and oxygen atoms in total. The molecule has 3 aromatic rings. The fourth-order valence-corrected chi connectivity index (χ4v) is 4.46. The van der Waals surface area contributed by atoms with Crippen LogP contribution in [0.2, 0.25) is 0 Å². The van der Waals surface area contributed by atoms with E-state index in [1.54, 1.807) is 13.0 Å². The van der Waals surface area contributed by atoms with Gasteiger partial charge in [0, 0.05) is 12.6 Å². The molecule has 0 unspecified atom stereocenters. The molecule has 0 aliphatic heterocycles. The number of esters is 1. The molecular weight excluding hydrogens is 395 g/mol. The molecule has 3 rings (SSSR count). The molecule has 0 spiro atoms. The van der Waals surface area contributed by atoms with Crippen molar-refractivity contribution in [2.75, 3.05) is 6.61 Å². The van der Waals surface area contributed by atoms with Crippen molar-refractivity contribution in [1.82, 2.24) is 9.88 Å². The van der Waals surface area contributed by atoms with Gasteiger partial charge in [0.1, 0.15) is 10.0 Å². The maximum absolute atomic E-state index is 12.9. The zero-order valence-corrected chi connectivity index (χ0v) is 15.8. The lowest BCUT2D eigenvalue weighted by Crippen LogP contribution is -2.22. The fourth-order valence-electron chi connectivity index (χ4n) is 2.14. The minimum Gasteiger partial charge on any atom is -0.461 e. The van der Waals surface area contributed by atoms with Gasteiger partial charge in [0.05, 0.1) is 11.5 Å². The van der Waals surface area contributed by atoms with Crippen LogP contribution >= 0.6 is 11.3 Å². The lowest BCUT2D eigenvalue weighted by atomic mass is 10.2. The molecule has 0 saturated heterocycles. The average Bonchev–Trinajstić information content (AvgIpc) is 3.31. The molecular formula is C17H15FN2O5S2. The van der Waals surface area contributed by atoms with Crippen LogP contribution in [0.3, 0.4) is 0 Å². The van der Waals surface area contributed by atoms with E-state index in [0.717, 1.165) is 11.3 Å². The Morgan fingerprint density at radius 3 is 2.70 bits per heavy atom. The molecule has 0 radical (unpaired) electrons. The molecule has 0 atom stereocenters. The molecule has 27 heavy (non-hydrogen) atoms. The largest absolute Gasteiger partial charge is 0.461 e. The Bertz CT molecular complexity index is 1040. The van der Waals surface area contributed by atoms with Gasteiger partial charge in [-0.05, 0) is 36.8 Å². The van der Waals surface area contributed by atoms with Gasteiger partial charge in [-0.3, -0.25) is 0 Å². The highest BCUT2D eigenvalue weighted by Gasteiger charge is 2.20. The Morgan fingerprint density at radius 2 is 2.00 bits per heavy atom. The van der Waals surface area contributed by atoms with E-state index in [2.05, 4.69) is 9.88 Å². The van der Waals surface area contributed by atoms with Crippen LogP contribution in [0.5, 0.6) is 0 Å². The summed E-state index contributed by atoms with van der Waals surface area (Å²) in [4.78, 5) is 12.1. The predicted molar refractivity (Wildman–Crippen MR) is 96.2 cm³/mol. The van der Waals surface area contributed by atoms with Crippen molar-refractivity contribution in [3.8, 4) is 10.6 Å². The van der Waals surface area contributed by atoms with Crippen molar-refractivity contribution >= 4 is 27.3 Å². The van der Waals surface area contributed by atoms with Crippen molar-refractivity contribution in [3.63, 3.8) is 0 Å². The highest BCUT2D eigenvalue weighted by atomic mass is 32.2. The van der Waals surface area contributed by atoms with E-state index in [-0.39, 0.29) is 28.8 Å². The summed E-state index contributed by atoms with van der Waals surface area (Å²) in [5, 5.41) is 3.63. The van der Waals surface area contributed by atoms with Crippen molar-refractivity contribution < 1.29 is 26.9 Å².